The molecule has 3 heterocycles. The molecule has 2 saturated heterocycles. The van der Waals surface area contributed by atoms with E-state index in [1.165, 1.54) is 0 Å². The predicted octanol–water partition coefficient (Wildman–Crippen LogP) is 2.61. The second-order valence-electron chi connectivity index (χ2n) is 8.06. The van der Waals surface area contributed by atoms with Crippen molar-refractivity contribution in [2.24, 2.45) is 0 Å². The van der Waals surface area contributed by atoms with Crippen LogP contribution in [-0.2, 0) is 22.6 Å². The number of hydrogen-bond acceptors (Lipinski definition) is 5. The first kappa shape index (κ1) is 19.9. The molecule has 0 unspecified atom stereocenters. The fourth-order valence-corrected chi connectivity index (χ4v) is 5.11. The van der Waals surface area contributed by atoms with E-state index in [2.05, 4.69) is 28.1 Å². The molecule has 5 rings (SSSR count). The molecule has 6 nitrogen and oxygen atoms in total. The molecule has 7 heteroatoms. The number of amides is 2. The predicted molar refractivity (Wildman–Crippen MR) is 120 cm³/mol. The van der Waals surface area contributed by atoms with Crippen molar-refractivity contribution in [2.45, 2.75) is 37.5 Å². The standard InChI is InChI=1S/C24H24N4O2S/c29-23-21-12-18(25-13-22-26-20(15-31-22)17-9-5-2-6-10-17)14-28(21)24(30)19(27-23)11-16-7-3-1-4-8-16/h1-10,15,18-19,21,25H,11-14H2,(H,27,29)/t18-,19+,21-/m0/s1. The lowest BCUT2D eigenvalue weighted by atomic mass is 10.0. The number of rotatable bonds is 6. The van der Waals surface area contributed by atoms with Gasteiger partial charge >= 0.3 is 0 Å². The summed E-state index contributed by atoms with van der Waals surface area (Å²) < 4.78 is 0. The molecule has 158 valence electrons. The molecule has 1 aromatic heterocycles. The maximum absolute atomic E-state index is 13.0. The van der Waals surface area contributed by atoms with Crippen LogP contribution < -0.4 is 10.6 Å². The highest BCUT2D eigenvalue weighted by Crippen LogP contribution is 2.25. The van der Waals surface area contributed by atoms with Gasteiger partial charge in [0.2, 0.25) is 11.8 Å². The van der Waals surface area contributed by atoms with Crippen molar-refractivity contribution in [1.29, 1.82) is 0 Å². The van der Waals surface area contributed by atoms with Crippen molar-refractivity contribution < 1.29 is 9.59 Å². The summed E-state index contributed by atoms with van der Waals surface area (Å²) in [7, 11) is 0. The topological polar surface area (TPSA) is 74.3 Å². The average molecular weight is 433 g/mol. The third kappa shape index (κ3) is 4.24. The first-order valence-electron chi connectivity index (χ1n) is 10.6. The summed E-state index contributed by atoms with van der Waals surface area (Å²) in [6, 6.07) is 19.1. The Balaban J connectivity index is 1.20. The van der Waals surface area contributed by atoms with Crippen molar-refractivity contribution >= 4 is 23.2 Å². The maximum Gasteiger partial charge on any atom is 0.246 e. The van der Waals surface area contributed by atoms with Crippen molar-refractivity contribution in [3.05, 3.63) is 76.6 Å². The third-order valence-electron chi connectivity index (χ3n) is 5.95. The highest BCUT2D eigenvalue weighted by atomic mass is 32.1. The second kappa shape index (κ2) is 8.61. The van der Waals surface area contributed by atoms with Gasteiger partial charge in [0.15, 0.2) is 0 Å². The van der Waals surface area contributed by atoms with Gasteiger partial charge in [0, 0.05) is 36.5 Å². The number of carbonyl (C=O) groups excluding carboxylic acids is 2. The lowest BCUT2D eigenvalue weighted by Gasteiger charge is -2.34. The van der Waals surface area contributed by atoms with E-state index in [9.17, 15) is 9.59 Å². The SMILES string of the molecule is O=C1N[C@H](Cc2ccccc2)C(=O)N2C[C@@H](NCc3nc(-c4ccccc4)cs3)C[C@@H]12. The zero-order valence-corrected chi connectivity index (χ0v) is 17.8. The Kier molecular flexibility index (Phi) is 5.53. The van der Waals surface area contributed by atoms with Gasteiger partial charge in [-0.05, 0) is 12.0 Å². The number of nitrogens with zero attached hydrogens (tertiary/aromatic N) is 2. The lowest BCUT2D eigenvalue weighted by Crippen LogP contribution is -2.61. The molecule has 0 bridgehead atoms. The van der Waals surface area contributed by atoms with E-state index in [-0.39, 0.29) is 23.9 Å². The van der Waals surface area contributed by atoms with Crippen LogP contribution in [0.25, 0.3) is 11.3 Å². The normalized spacial score (nSPS) is 23.0. The molecule has 3 aromatic rings. The monoisotopic (exact) mass is 432 g/mol. The van der Waals surface area contributed by atoms with Gasteiger partial charge in [0.1, 0.15) is 17.1 Å². The summed E-state index contributed by atoms with van der Waals surface area (Å²) in [5.41, 5.74) is 3.13. The summed E-state index contributed by atoms with van der Waals surface area (Å²) in [4.78, 5) is 32.1. The minimum absolute atomic E-state index is 0.0124. The molecule has 2 aliphatic heterocycles. The van der Waals surface area contributed by atoms with E-state index < -0.39 is 6.04 Å². The van der Waals surface area contributed by atoms with E-state index in [0.29, 0.717) is 25.9 Å². The fraction of sp³-hybridized carbons (Fsp3) is 0.292. The van der Waals surface area contributed by atoms with Crippen LogP contribution in [0, 0.1) is 0 Å². The second-order valence-corrected chi connectivity index (χ2v) is 9.01. The fourth-order valence-electron chi connectivity index (χ4n) is 4.36. The van der Waals surface area contributed by atoms with E-state index in [0.717, 1.165) is 21.8 Å². The molecule has 3 atom stereocenters. The largest absolute Gasteiger partial charge is 0.342 e. The summed E-state index contributed by atoms with van der Waals surface area (Å²) in [6.07, 6.45) is 1.15. The molecule has 2 amide bonds. The highest BCUT2D eigenvalue weighted by Gasteiger charge is 2.46. The van der Waals surface area contributed by atoms with Crippen LogP contribution >= 0.6 is 11.3 Å². The van der Waals surface area contributed by atoms with Crippen LogP contribution in [0.1, 0.15) is 17.0 Å². The van der Waals surface area contributed by atoms with Gasteiger partial charge in [-0.2, -0.15) is 0 Å². The summed E-state index contributed by atoms with van der Waals surface area (Å²) in [6.45, 7) is 1.19. The molecular formula is C24H24N4O2S. The Bertz CT molecular complexity index is 1070. The van der Waals surface area contributed by atoms with Crippen LogP contribution in [0.2, 0.25) is 0 Å². The van der Waals surface area contributed by atoms with Gasteiger partial charge in [-0.3, -0.25) is 9.59 Å². The molecule has 0 aliphatic carbocycles. The van der Waals surface area contributed by atoms with E-state index in [1.807, 2.05) is 48.5 Å². The lowest BCUT2D eigenvalue weighted by molar-refractivity contribution is -0.147. The Morgan fingerprint density at radius 3 is 2.58 bits per heavy atom. The molecule has 31 heavy (non-hydrogen) atoms. The molecule has 0 radical (unpaired) electrons. The van der Waals surface area contributed by atoms with Crippen LogP contribution in [-0.4, -0.2) is 46.4 Å². The van der Waals surface area contributed by atoms with Crippen molar-refractivity contribution in [1.82, 2.24) is 20.5 Å². The van der Waals surface area contributed by atoms with Crippen LogP contribution in [0.4, 0.5) is 0 Å². The van der Waals surface area contributed by atoms with Crippen molar-refractivity contribution in [3.63, 3.8) is 0 Å². The Morgan fingerprint density at radius 1 is 1.06 bits per heavy atom. The van der Waals surface area contributed by atoms with Gasteiger partial charge in [0.25, 0.3) is 0 Å². The molecule has 0 spiro atoms. The van der Waals surface area contributed by atoms with Gasteiger partial charge in [-0.15, -0.1) is 11.3 Å². The minimum Gasteiger partial charge on any atom is -0.342 e. The van der Waals surface area contributed by atoms with Crippen LogP contribution in [0.15, 0.2) is 66.0 Å². The summed E-state index contributed by atoms with van der Waals surface area (Å²) >= 11 is 1.62. The van der Waals surface area contributed by atoms with Gasteiger partial charge in [-0.1, -0.05) is 60.7 Å². The third-order valence-corrected chi connectivity index (χ3v) is 6.80. The number of nitrogens with one attached hydrogen (secondary N) is 2. The average Bonchev–Trinajstić information content (AvgIpc) is 3.45. The molecule has 2 fully saturated rings. The first-order valence-corrected chi connectivity index (χ1v) is 11.4. The molecule has 2 aromatic carbocycles. The zero-order chi connectivity index (χ0) is 21.2. The smallest absolute Gasteiger partial charge is 0.246 e. The van der Waals surface area contributed by atoms with Crippen LogP contribution in [0.5, 0.6) is 0 Å². The Morgan fingerprint density at radius 2 is 1.81 bits per heavy atom. The van der Waals surface area contributed by atoms with Gasteiger partial charge in [-0.25, -0.2) is 4.98 Å². The Hall–Kier alpha value is -3.03. The number of thiazole rings is 1. The number of benzene rings is 2. The van der Waals surface area contributed by atoms with E-state index >= 15 is 0 Å². The number of aromatic nitrogens is 1. The summed E-state index contributed by atoms with van der Waals surface area (Å²) in [5, 5.41) is 9.50. The maximum atomic E-state index is 13.0. The molecule has 2 aliphatic rings. The van der Waals surface area contributed by atoms with Crippen molar-refractivity contribution in [2.75, 3.05) is 6.54 Å². The van der Waals surface area contributed by atoms with Crippen molar-refractivity contribution in [3.8, 4) is 11.3 Å². The molecule has 0 saturated carbocycles. The molecular weight excluding hydrogens is 408 g/mol. The summed E-state index contributed by atoms with van der Waals surface area (Å²) in [5.74, 6) is -0.0381. The zero-order valence-electron chi connectivity index (χ0n) is 17.0. The number of hydrogen-bond donors (Lipinski definition) is 2. The highest BCUT2D eigenvalue weighted by molar-refractivity contribution is 7.09. The van der Waals surface area contributed by atoms with Crippen LogP contribution in [0.3, 0.4) is 0 Å². The first-order chi connectivity index (χ1) is 15.2. The van der Waals surface area contributed by atoms with E-state index in [4.69, 9.17) is 4.98 Å². The quantitative estimate of drug-likeness (QED) is 0.628. The van der Waals surface area contributed by atoms with Gasteiger partial charge in [0.05, 0.1) is 5.69 Å². The molecule has 2 N–H and O–H groups in total. The number of piperazine rings is 1. The van der Waals surface area contributed by atoms with Gasteiger partial charge < -0.3 is 15.5 Å². The number of carbonyl (C=O) groups is 2. The van der Waals surface area contributed by atoms with E-state index in [1.54, 1.807) is 16.2 Å². The minimum atomic E-state index is -0.489. The Labute approximate surface area is 185 Å². The number of fused-ring (bicyclic) bond motifs is 1.